The molecule has 0 heterocycles. The smallest absolute Gasteiger partial charge is 0.0433 e. The van der Waals surface area contributed by atoms with Crippen molar-refractivity contribution in [3.05, 3.63) is 0 Å². The van der Waals surface area contributed by atoms with Gasteiger partial charge in [0.1, 0.15) is 0 Å². The molecule has 0 aliphatic rings. The maximum Gasteiger partial charge on any atom is 0.0433 e. The van der Waals surface area contributed by atoms with Gasteiger partial charge in [0, 0.05) is 13.7 Å². The van der Waals surface area contributed by atoms with E-state index >= 15 is 0 Å². The Morgan fingerprint density at radius 2 is 1.40 bits per heavy atom. The molecule has 0 atom stereocenters. The van der Waals surface area contributed by atoms with Crippen LogP contribution in [0.1, 0.15) is 20.8 Å². The Kier molecular flexibility index (Phi) is 14.7. The van der Waals surface area contributed by atoms with E-state index in [1.54, 1.807) is 7.11 Å². The summed E-state index contributed by atoms with van der Waals surface area (Å²) in [7, 11) is 3.79. The van der Waals surface area contributed by atoms with Crippen LogP contribution in [0.3, 0.4) is 0 Å². The molecule has 0 spiro atoms. The summed E-state index contributed by atoms with van der Waals surface area (Å²) in [5.74, 6) is 0. The van der Waals surface area contributed by atoms with E-state index in [-0.39, 0.29) is 0 Å². The van der Waals surface area contributed by atoms with E-state index in [2.05, 4.69) is 30.5 Å². The van der Waals surface area contributed by atoms with Crippen molar-refractivity contribution in [3.8, 4) is 0 Å². The molecule has 2 heteroatoms. The van der Waals surface area contributed by atoms with E-state index in [0.29, 0.717) is 0 Å². The Labute approximate surface area is 65.2 Å². The standard InChI is InChI=1S/C5H13N.C3H8O/c1-4-6(3)5-2;1-3-4-2/h4-5H2,1-3H3;3H2,1-2H3. The highest BCUT2D eigenvalue weighted by molar-refractivity contribution is 4.36. The van der Waals surface area contributed by atoms with E-state index in [0.717, 1.165) is 19.7 Å². The first-order chi connectivity index (χ1) is 4.72. The van der Waals surface area contributed by atoms with Gasteiger partial charge in [-0.15, -0.1) is 0 Å². The molecule has 0 aliphatic carbocycles. The lowest BCUT2D eigenvalue weighted by Gasteiger charge is -2.07. The predicted octanol–water partition coefficient (Wildman–Crippen LogP) is 1.61. The molecule has 0 aliphatic heterocycles. The molecule has 64 valence electrons. The first kappa shape index (κ1) is 12.6. The fourth-order valence-corrected chi connectivity index (χ4v) is 0.224. The summed E-state index contributed by atoms with van der Waals surface area (Å²) in [5, 5.41) is 0. The SMILES string of the molecule is CCN(C)CC.CCOC. The molecule has 0 N–H and O–H groups in total. The van der Waals surface area contributed by atoms with E-state index in [9.17, 15) is 0 Å². The molecular weight excluding hydrogens is 126 g/mol. The summed E-state index contributed by atoms with van der Waals surface area (Å²) in [6.45, 7) is 9.42. The fourth-order valence-electron chi connectivity index (χ4n) is 0.224. The molecule has 0 unspecified atom stereocenters. The van der Waals surface area contributed by atoms with Gasteiger partial charge in [-0.25, -0.2) is 0 Å². The third-order valence-electron chi connectivity index (χ3n) is 1.37. The highest BCUT2D eigenvalue weighted by Crippen LogP contribution is 1.73. The Hall–Kier alpha value is -0.0800. The largest absolute Gasteiger partial charge is 0.385 e. The lowest BCUT2D eigenvalue weighted by molar-refractivity contribution is 0.215. The zero-order valence-corrected chi connectivity index (χ0v) is 7.98. The van der Waals surface area contributed by atoms with Gasteiger partial charge in [0.05, 0.1) is 0 Å². The second-order valence-corrected chi connectivity index (χ2v) is 2.07. The maximum absolute atomic E-state index is 4.54. The lowest BCUT2D eigenvalue weighted by Crippen LogP contribution is -2.15. The summed E-state index contributed by atoms with van der Waals surface area (Å²) in [4.78, 5) is 2.25. The summed E-state index contributed by atoms with van der Waals surface area (Å²) in [6, 6.07) is 0. The predicted molar refractivity (Wildman–Crippen MR) is 46.4 cm³/mol. The van der Waals surface area contributed by atoms with E-state index in [1.165, 1.54) is 0 Å². The highest BCUT2D eigenvalue weighted by Gasteiger charge is 1.81. The molecule has 10 heavy (non-hydrogen) atoms. The van der Waals surface area contributed by atoms with Crippen molar-refractivity contribution in [2.24, 2.45) is 0 Å². The average Bonchev–Trinajstić information content (AvgIpc) is 2.03. The van der Waals surface area contributed by atoms with Gasteiger partial charge in [-0.3, -0.25) is 0 Å². The molecule has 0 saturated heterocycles. The zero-order valence-electron chi connectivity index (χ0n) is 7.98. The third-order valence-corrected chi connectivity index (χ3v) is 1.37. The normalized spacial score (nSPS) is 9.00. The van der Waals surface area contributed by atoms with Crippen LogP contribution < -0.4 is 0 Å². The number of hydrogen-bond donors (Lipinski definition) is 0. The quantitative estimate of drug-likeness (QED) is 0.601. The lowest BCUT2D eigenvalue weighted by atomic mass is 10.6. The van der Waals surface area contributed by atoms with Gasteiger partial charge < -0.3 is 9.64 Å². The molecule has 0 radical (unpaired) electrons. The zero-order chi connectivity index (χ0) is 8.41. The van der Waals surface area contributed by atoms with Crippen molar-refractivity contribution in [2.75, 3.05) is 33.9 Å². The second kappa shape index (κ2) is 11.7. The molecule has 0 bridgehead atoms. The number of rotatable bonds is 3. The molecule has 0 rings (SSSR count). The Morgan fingerprint density at radius 1 is 1.10 bits per heavy atom. The summed E-state index contributed by atoms with van der Waals surface area (Å²) in [6.07, 6.45) is 0. The highest BCUT2D eigenvalue weighted by atomic mass is 16.5. The van der Waals surface area contributed by atoms with Crippen LogP contribution in [0.5, 0.6) is 0 Å². The summed E-state index contributed by atoms with van der Waals surface area (Å²) in [5.41, 5.74) is 0. The van der Waals surface area contributed by atoms with E-state index in [4.69, 9.17) is 0 Å². The van der Waals surface area contributed by atoms with Gasteiger partial charge in [-0.1, -0.05) is 13.8 Å². The second-order valence-electron chi connectivity index (χ2n) is 2.07. The molecule has 0 amide bonds. The van der Waals surface area contributed by atoms with Crippen LogP contribution in [0.4, 0.5) is 0 Å². The van der Waals surface area contributed by atoms with Crippen LogP contribution in [-0.2, 0) is 4.74 Å². The van der Waals surface area contributed by atoms with Crippen LogP contribution >= 0.6 is 0 Å². The number of hydrogen-bond acceptors (Lipinski definition) is 2. The van der Waals surface area contributed by atoms with Crippen molar-refractivity contribution in [3.63, 3.8) is 0 Å². The van der Waals surface area contributed by atoms with Gasteiger partial charge in [-0.05, 0) is 27.1 Å². The van der Waals surface area contributed by atoms with Crippen molar-refractivity contribution < 1.29 is 4.74 Å². The van der Waals surface area contributed by atoms with Crippen LogP contribution in [0, 0.1) is 0 Å². The minimum Gasteiger partial charge on any atom is -0.385 e. The Bertz CT molecular complexity index is 42.5. The van der Waals surface area contributed by atoms with Crippen LogP contribution in [0.15, 0.2) is 0 Å². The molecule has 0 aromatic rings. The molecule has 0 aromatic heterocycles. The van der Waals surface area contributed by atoms with Crippen molar-refractivity contribution in [1.29, 1.82) is 0 Å². The van der Waals surface area contributed by atoms with Crippen molar-refractivity contribution >= 4 is 0 Å². The summed E-state index contributed by atoms with van der Waals surface area (Å²) < 4.78 is 4.54. The minimum atomic E-state index is 0.819. The number of nitrogens with zero attached hydrogens (tertiary/aromatic N) is 1. The average molecular weight is 147 g/mol. The van der Waals surface area contributed by atoms with Crippen molar-refractivity contribution in [1.82, 2.24) is 4.90 Å². The van der Waals surface area contributed by atoms with Gasteiger partial charge >= 0.3 is 0 Å². The Morgan fingerprint density at radius 3 is 1.40 bits per heavy atom. The van der Waals surface area contributed by atoms with Crippen LogP contribution in [0.2, 0.25) is 0 Å². The fraction of sp³-hybridized carbons (Fsp3) is 1.00. The molecule has 0 fully saturated rings. The third kappa shape index (κ3) is 15.7. The van der Waals surface area contributed by atoms with Crippen molar-refractivity contribution in [2.45, 2.75) is 20.8 Å². The maximum atomic E-state index is 4.54. The van der Waals surface area contributed by atoms with E-state index < -0.39 is 0 Å². The molecule has 0 aromatic carbocycles. The monoisotopic (exact) mass is 147 g/mol. The molecular formula is C8H21NO. The first-order valence-electron chi connectivity index (χ1n) is 3.90. The number of ether oxygens (including phenoxy) is 1. The van der Waals surface area contributed by atoms with Crippen LogP contribution in [-0.4, -0.2) is 38.8 Å². The minimum absolute atomic E-state index is 0.819. The van der Waals surface area contributed by atoms with Crippen LogP contribution in [0.25, 0.3) is 0 Å². The number of methoxy groups -OCH3 is 1. The van der Waals surface area contributed by atoms with Gasteiger partial charge in [-0.2, -0.15) is 0 Å². The molecule has 0 saturated carbocycles. The topological polar surface area (TPSA) is 12.5 Å². The van der Waals surface area contributed by atoms with Gasteiger partial charge in [0.2, 0.25) is 0 Å². The molecule has 2 nitrogen and oxygen atoms in total. The Balaban J connectivity index is 0. The van der Waals surface area contributed by atoms with Gasteiger partial charge in [0.15, 0.2) is 0 Å². The van der Waals surface area contributed by atoms with E-state index in [1.807, 2.05) is 6.92 Å². The van der Waals surface area contributed by atoms with Gasteiger partial charge in [0.25, 0.3) is 0 Å². The first-order valence-corrected chi connectivity index (χ1v) is 3.90. The summed E-state index contributed by atoms with van der Waals surface area (Å²) >= 11 is 0.